The van der Waals surface area contributed by atoms with E-state index in [4.69, 9.17) is 130 Å². The molecule has 5 N–H and O–H groups in total. The summed E-state index contributed by atoms with van der Waals surface area (Å²) in [5, 5.41) is 21.7. The maximum atomic E-state index is 13.5. The fraction of sp³-hybridized carbons (Fsp3) is 0.303. The summed E-state index contributed by atoms with van der Waals surface area (Å²) in [5.41, 5.74) is 15.3. The molecule has 0 bridgehead atoms. The van der Waals surface area contributed by atoms with Gasteiger partial charge in [0.1, 0.15) is 51.9 Å². The average Bonchev–Trinajstić information content (AvgIpc) is 1.61. The first-order valence-electron chi connectivity index (χ1n) is 37.4. The Bertz CT molecular complexity index is 4820. The quantitative estimate of drug-likeness (QED) is 0.0204. The smallest absolute Gasteiger partial charge is 0.508 e. The van der Waals surface area contributed by atoms with Crippen LogP contribution >= 0.6 is 81.2 Å². The molecular weight excluding hydrogens is 1650 g/mol. The molecule has 1 amide bonds. The Labute approximate surface area is 722 Å². The van der Waals surface area contributed by atoms with Crippen LogP contribution in [0.3, 0.4) is 0 Å². The van der Waals surface area contributed by atoms with Gasteiger partial charge in [-0.15, -0.1) is 11.6 Å². The summed E-state index contributed by atoms with van der Waals surface area (Å²) in [5.74, 6) is 1.55. The lowest BCUT2D eigenvalue weighted by atomic mass is 9.95. The first kappa shape index (κ1) is 95.0. The molecule has 11 aromatic rings. The van der Waals surface area contributed by atoms with Gasteiger partial charge in [0.2, 0.25) is 5.78 Å². The van der Waals surface area contributed by atoms with Crippen molar-refractivity contribution in [2.24, 2.45) is 10.7 Å². The van der Waals surface area contributed by atoms with Crippen molar-refractivity contribution in [3.63, 3.8) is 0 Å². The number of hydrogen-bond acceptors (Lipinski definition) is 20. The molecule has 0 aliphatic heterocycles. The van der Waals surface area contributed by atoms with Crippen LogP contribution in [0.15, 0.2) is 247 Å². The molecule has 0 saturated heterocycles. The molecular formula is C89H95Cl7N8O14. The van der Waals surface area contributed by atoms with E-state index in [1.165, 1.54) is 19.3 Å². The molecule has 29 heteroatoms. The number of hydrogen-bond donors (Lipinski definition) is 4. The van der Waals surface area contributed by atoms with E-state index in [1.807, 2.05) is 140 Å². The first-order chi connectivity index (χ1) is 55.9. The number of nitrogens with zero attached hydrogens (tertiary/aromatic N) is 6. The molecule has 6 aromatic carbocycles. The Balaban J connectivity index is 0.000000208. The summed E-state index contributed by atoms with van der Waals surface area (Å²) in [7, 11) is 0. The van der Waals surface area contributed by atoms with Gasteiger partial charge in [-0.2, -0.15) is 0 Å². The molecule has 22 nitrogen and oxygen atoms in total. The number of aromatic nitrogens is 5. The number of alkyl halides is 7. The third-order valence-electron chi connectivity index (χ3n) is 16.3. The van der Waals surface area contributed by atoms with Gasteiger partial charge in [0.25, 0.3) is 13.5 Å². The van der Waals surface area contributed by atoms with Crippen LogP contribution in [0, 0.1) is 0 Å². The van der Waals surface area contributed by atoms with E-state index in [1.54, 1.807) is 166 Å². The number of furan rings is 1. The second kappa shape index (κ2) is 46.3. The van der Waals surface area contributed by atoms with Crippen LogP contribution in [0.25, 0.3) is 22.4 Å². The van der Waals surface area contributed by atoms with E-state index in [0.717, 1.165) is 80.2 Å². The number of pyridine rings is 3. The monoisotopic (exact) mass is 1740 g/mol. The lowest BCUT2D eigenvalue weighted by molar-refractivity contribution is -0.117. The molecule has 118 heavy (non-hydrogen) atoms. The Morgan fingerprint density at radius 2 is 1.04 bits per heavy atom. The summed E-state index contributed by atoms with van der Waals surface area (Å²) in [4.78, 5) is 80.7. The number of aliphatic hydroxyl groups excluding tert-OH is 1. The van der Waals surface area contributed by atoms with Crippen LogP contribution in [0.2, 0.25) is 0 Å². The lowest BCUT2D eigenvalue weighted by Gasteiger charge is -2.25. The second-order valence-corrected chi connectivity index (χ2v) is 34.3. The molecule has 624 valence electrons. The summed E-state index contributed by atoms with van der Waals surface area (Å²) in [6, 6.07) is 62.7. The second-order valence-electron chi connectivity index (χ2n) is 29.5. The Morgan fingerprint density at radius 1 is 0.568 bits per heavy atom. The van der Waals surface area contributed by atoms with Gasteiger partial charge in [0.15, 0.2) is 0 Å². The summed E-state index contributed by atoms with van der Waals surface area (Å²) in [6.45, 7) is 16.6. The van der Waals surface area contributed by atoms with Crippen molar-refractivity contribution >= 4 is 129 Å². The average molecular weight is 1750 g/mol. The number of aromatic hydroxyl groups is 1. The fourth-order valence-electron chi connectivity index (χ4n) is 11.0. The minimum Gasteiger partial charge on any atom is -0.508 e. The predicted molar refractivity (Wildman–Crippen MR) is 464 cm³/mol. The molecule has 1 saturated carbocycles. The molecule has 0 spiro atoms. The van der Waals surface area contributed by atoms with E-state index < -0.39 is 48.6 Å². The normalized spacial score (nSPS) is 12.7. The number of imidazole rings is 1. The highest BCUT2D eigenvalue weighted by molar-refractivity contribution is 6.86. The van der Waals surface area contributed by atoms with E-state index in [9.17, 15) is 29.1 Å². The van der Waals surface area contributed by atoms with Crippen molar-refractivity contribution in [2.75, 3.05) is 0 Å². The van der Waals surface area contributed by atoms with Crippen molar-refractivity contribution in [1.29, 1.82) is 0 Å². The maximum absolute atomic E-state index is 13.5. The number of ether oxygens (including phenoxy) is 6. The topological polar surface area (TPSA) is 301 Å². The predicted octanol–water partition coefficient (Wildman–Crippen LogP) is 22.5. The van der Waals surface area contributed by atoms with Crippen LogP contribution < -0.4 is 25.3 Å². The molecule has 5 heterocycles. The largest absolute Gasteiger partial charge is 0.514 e. The number of aliphatic hydroxyl groups is 1. The Morgan fingerprint density at radius 3 is 1.49 bits per heavy atom. The molecule has 5 aromatic heterocycles. The minimum absolute atomic E-state index is 0.0350. The standard InChI is InChI=1S/C31H30N4O3.C18H22N2O3.C13H12N2.C12H15ClO3.C12H16O4.C3Cl6O/c36-25-12-9-21(10-13-25)18-27(26-8-4-5-16-32-26)34-31(37)22-11-14-29-28(19-22)33-30(23-15-17-38-20-23)35(29)24-6-2-1-3-7-24;1-18(2,3)23-17(21)22-14-9-7-13(8-10-14)12-15(19)16-6-4-5-11-20-16;1-2-6-12(7-3-1)10-14-11-13-8-4-5-9-15-13;2*1-12(2,3)16-11(14)15-10-6-4-9(8-13)5-7-10;4-2(5,6)1(10)3(7,8)9/h4-5,8-17,19-20,24,27,36H,1-3,6-7,18H2,(H,34,37);4-11,15H,12,19H2,1-3H3;1-10H,11H2;4-7H,8H2,1-3H3;4-7,13H,8H2,1-3H3;. The number of aliphatic imine (C=N–C) groups is 1. The number of rotatable bonds is 18. The molecule has 0 radical (unpaired) electrons. The third kappa shape index (κ3) is 34.8. The van der Waals surface area contributed by atoms with E-state index in [-0.39, 0.29) is 30.3 Å². The van der Waals surface area contributed by atoms with Gasteiger partial charge in [0, 0.05) is 42.3 Å². The third-order valence-corrected chi connectivity index (χ3v) is 17.7. The number of phenols is 1. The zero-order chi connectivity index (χ0) is 86.1. The number of halogens is 7. The van der Waals surface area contributed by atoms with E-state index in [0.29, 0.717) is 54.1 Å². The fourth-order valence-corrected chi connectivity index (χ4v) is 12.4. The van der Waals surface area contributed by atoms with Gasteiger partial charge in [0.05, 0.1) is 65.2 Å². The van der Waals surface area contributed by atoms with E-state index in [2.05, 4.69) is 29.8 Å². The van der Waals surface area contributed by atoms with Gasteiger partial charge in [-0.1, -0.05) is 186 Å². The number of Topliss-reactive ketones (excluding diaryl/α,β-unsaturated/α-hetero) is 1. The maximum Gasteiger partial charge on any atom is 0.514 e. The lowest BCUT2D eigenvalue weighted by Crippen LogP contribution is -2.31. The molecule has 1 aliphatic rings. The van der Waals surface area contributed by atoms with Gasteiger partial charge in [-0.05, 0) is 225 Å². The number of amides is 1. The van der Waals surface area contributed by atoms with Crippen LogP contribution in [-0.2, 0) is 50.9 Å². The van der Waals surface area contributed by atoms with Crippen molar-refractivity contribution in [1.82, 2.24) is 29.8 Å². The number of benzene rings is 6. The number of carbonyl (C=O) groups is 5. The number of carbonyl (C=O) groups excluding carboxylic acids is 5. The van der Waals surface area contributed by atoms with Crippen molar-refractivity contribution < 1.29 is 67.0 Å². The van der Waals surface area contributed by atoms with Gasteiger partial charge >= 0.3 is 18.5 Å². The number of ketones is 1. The van der Waals surface area contributed by atoms with Crippen molar-refractivity contribution in [3.8, 4) is 34.4 Å². The van der Waals surface area contributed by atoms with Gasteiger partial charge in [-0.3, -0.25) is 29.5 Å². The minimum atomic E-state index is -2.18. The van der Waals surface area contributed by atoms with E-state index >= 15 is 0 Å². The summed E-state index contributed by atoms with van der Waals surface area (Å²) >= 11 is 36.2. The Hall–Kier alpha value is -10.1. The zero-order valence-corrected chi connectivity index (χ0v) is 71.9. The summed E-state index contributed by atoms with van der Waals surface area (Å²) in [6.07, 6.45) is 15.5. The van der Waals surface area contributed by atoms with Crippen molar-refractivity contribution in [3.05, 3.63) is 288 Å². The highest BCUT2D eigenvalue weighted by Gasteiger charge is 2.45. The van der Waals surface area contributed by atoms with Crippen LogP contribution in [0.5, 0.6) is 23.0 Å². The molecule has 1 fully saturated rings. The van der Waals surface area contributed by atoms with Crippen LogP contribution in [0.4, 0.5) is 14.4 Å². The molecule has 2 unspecified atom stereocenters. The van der Waals surface area contributed by atoms with Crippen LogP contribution in [-0.4, -0.2) is 95.5 Å². The Kier molecular flexibility index (Phi) is 37.3. The number of phenolic OH excluding ortho intramolecular Hbond substituents is 1. The van der Waals surface area contributed by atoms with Gasteiger partial charge < -0.3 is 58.7 Å². The van der Waals surface area contributed by atoms with Gasteiger partial charge in [-0.25, -0.2) is 19.4 Å². The number of nitrogens with one attached hydrogen (secondary N) is 1. The summed E-state index contributed by atoms with van der Waals surface area (Å²) < 4.78 is 33.5. The highest BCUT2D eigenvalue weighted by atomic mass is 35.6. The molecule has 1 aliphatic carbocycles. The number of nitrogens with two attached hydrogens (primary N) is 1. The van der Waals surface area contributed by atoms with Crippen LogP contribution in [0.1, 0.15) is 168 Å². The number of fused-ring (bicyclic) bond motifs is 1. The molecule has 12 rings (SSSR count). The zero-order valence-electron chi connectivity index (χ0n) is 66.6. The van der Waals surface area contributed by atoms with Crippen molar-refractivity contribution in [2.45, 2.75) is 169 Å². The SMILES string of the molecule is C(=NCc1ccccn1)c1ccccc1.CC(C)(C)OC(=O)Oc1ccc(CC(N)c2ccccn2)cc1.CC(C)(C)OC(=O)Oc1ccc(CCl)cc1.CC(C)(C)OC(=O)Oc1ccc(CO)cc1.O=C(C(Cl)(Cl)Cl)C(Cl)(Cl)Cl.O=C(NC(Cc1ccc(O)cc1)c1ccccn1)c1ccc2c(c1)nc(-c1ccoc1)n2C1CCCCC1. The first-order valence-corrected chi connectivity index (χ1v) is 40.2. The molecule has 2 atom stereocenters. The highest BCUT2D eigenvalue weighted by Crippen LogP contribution is 2.40.